The van der Waals surface area contributed by atoms with Crippen LogP contribution in [0.5, 0.6) is 0 Å². The summed E-state index contributed by atoms with van der Waals surface area (Å²) in [5.74, 6) is 0.126. The normalized spacial score (nSPS) is 15.1. The van der Waals surface area contributed by atoms with Crippen LogP contribution in [0, 0.1) is 0 Å². The van der Waals surface area contributed by atoms with E-state index in [2.05, 4.69) is 15.2 Å². The summed E-state index contributed by atoms with van der Waals surface area (Å²) in [6, 6.07) is 7.57. The quantitative estimate of drug-likeness (QED) is 0.542. The highest BCUT2D eigenvalue weighted by Crippen LogP contribution is 2.16. The van der Waals surface area contributed by atoms with Crippen molar-refractivity contribution < 1.29 is 9.53 Å². The number of amides is 1. The van der Waals surface area contributed by atoms with Gasteiger partial charge in [-0.15, -0.1) is 0 Å². The number of thioether (sulfide) groups is 1. The van der Waals surface area contributed by atoms with Crippen LogP contribution >= 0.6 is 11.8 Å². The minimum atomic E-state index is -0.138. The Kier molecular flexibility index (Phi) is 7.25. The van der Waals surface area contributed by atoms with Crippen LogP contribution in [0.25, 0.3) is 11.0 Å². The van der Waals surface area contributed by atoms with E-state index in [0.717, 1.165) is 50.3 Å². The SMILES string of the molecule is CCn1c(=O)c(SCC(=O)NCCCN2CCOCC2)nc2ccccc21. The van der Waals surface area contributed by atoms with Crippen LogP contribution in [0.2, 0.25) is 0 Å². The Labute approximate surface area is 163 Å². The van der Waals surface area contributed by atoms with Crippen LogP contribution in [0.4, 0.5) is 0 Å². The molecule has 1 N–H and O–H groups in total. The van der Waals surface area contributed by atoms with E-state index in [1.54, 1.807) is 4.57 Å². The molecule has 2 aromatic rings. The summed E-state index contributed by atoms with van der Waals surface area (Å²) in [7, 11) is 0. The molecule has 1 amide bonds. The van der Waals surface area contributed by atoms with E-state index in [1.807, 2.05) is 31.2 Å². The summed E-state index contributed by atoms with van der Waals surface area (Å²) in [5, 5.41) is 3.30. The van der Waals surface area contributed by atoms with Crippen LogP contribution in [0.15, 0.2) is 34.1 Å². The Balaban J connectivity index is 1.50. The number of aromatic nitrogens is 2. The van der Waals surface area contributed by atoms with Gasteiger partial charge in [0, 0.05) is 26.2 Å². The minimum absolute atomic E-state index is 0.0700. The molecule has 1 fully saturated rings. The highest BCUT2D eigenvalue weighted by molar-refractivity contribution is 7.99. The van der Waals surface area contributed by atoms with Crippen LogP contribution in [-0.2, 0) is 16.1 Å². The lowest BCUT2D eigenvalue weighted by Crippen LogP contribution is -2.38. The number of fused-ring (bicyclic) bond motifs is 1. The molecule has 3 rings (SSSR count). The highest BCUT2D eigenvalue weighted by atomic mass is 32.2. The molecule has 27 heavy (non-hydrogen) atoms. The number of benzene rings is 1. The molecule has 0 unspecified atom stereocenters. The molecule has 0 spiro atoms. The first kappa shape index (κ1) is 19.9. The van der Waals surface area contributed by atoms with E-state index in [0.29, 0.717) is 18.1 Å². The molecule has 1 aliphatic heterocycles. The fourth-order valence-electron chi connectivity index (χ4n) is 3.12. The zero-order valence-corrected chi connectivity index (χ0v) is 16.5. The second kappa shape index (κ2) is 9.87. The van der Waals surface area contributed by atoms with Gasteiger partial charge < -0.3 is 14.6 Å². The number of hydrogen-bond acceptors (Lipinski definition) is 6. The molecule has 8 heteroatoms. The zero-order chi connectivity index (χ0) is 19.1. The summed E-state index contributed by atoms with van der Waals surface area (Å²) in [4.78, 5) is 31.5. The van der Waals surface area contributed by atoms with Crippen molar-refractivity contribution in [2.75, 3.05) is 45.1 Å². The topological polar surface area (TPSA) is 76.5 Å². The van der Waals surface area contributed by atoms with Gasteiger partial charge in [-0.1, -0.05) is 23.9 Å². The minimum Gasteiger partial charge on any atom is -0.379 e. The summed E-state index contributed by atoms with van der Waals surface area (Å²) < 4.78 is 7.02. The van der Waals surface area contributed by atoms with Crippen molar-refractivity contribution in [1.82, 2.24) is 19.8 Å². The van der Waals surface area contributed by atoms with Crippen LogP contribution in [0.1, 0.15) is 13.3 Å². The average molecular weight is 391 g/mol. The van der Waals surface area contributed by atoms with Crippen molar-refractivity contribution in [3.05, 3.63) is 34.6 Å². The van der Waals surface area contributed by atoms with Gasteiger partial charge in [0.15, 0.2) is 5.03 Å². The molecule has 1 saturated heterocycles. The molecule has 1 aromatic heterocycles. The second-order valence-corrected chi connectivity index (χ2v) is 7.37. The Morgan fingerprint density at radius 3 is 2.85 bits per heavy atom. The Bertz CT molecular complexity index is 833. The Morgan fingerprint density at radius 1 is 1.30 bits per heavy atom. The molecule has 146 valence electrons. The standard InChI is InChI=1S/C19H26N4O3S/c1-2-23-16-7-4-3-6-15(16)21-18(19(23)25)27-14-17(24)20-8-5-9-22-10-12-26-13-11-22/h3-4,6-7H,2,5,8-14H2,1H3,(H,20,24). The van der Waals surface area contributed by atoms with Gasteiger partial charge in [-0.25, -0.2) is 4.98 Å². The Hall–Kier alpha value is -1.90. The van der Waals surface area contributed by atoms with Gasteiger partial charge >= 0.3 is 0 Å². The first-order valence-electron chi connectivity index (χ1n) is 9.38. The molecule has 1 aromatic carbocycles. The number of morpholine rings is 1. The predicted molar refractivity (Wildman–Crippen MR) is 107 cm³/mol. The number of aryl methyl sites for hydroxylation is 1. The number of hydrogen-bond donors (Lipinski definition) is 1. The van der Waals surface area contributed by atoms with E-state index in [4.69, 9.17) is 4.74 Å². The molecule has 0 bridgehead atoms. The van der Waals surface area contributed by atoms with E-state index in [-0.39, 0.29) is 17.2 Å². The maximum absolute atomic E-state index is 12.6. The number of nitrogens with zero attached hydrogens (tertiary/aromatic N) is 3. The van der Waals surface area contributed by atoms with E-state index in [9.17, 15) is 9.59 Å². The number of nitrogens with one attached hydrogen (secondary N) is 1. The number of carbonyl (C=O) groups is 1. The van der Waals surface area contributed by atoms with Gasteiger partial charge in [0.1, 0.15) is 0 Å². The van der Waals surface area contributed by atoms with Crippen LogP contribution < -0.4 is 10.9 Å². The van der Waals surface area contributed by atoms with Crippen molar-refractivity contribution in [2.45, 2.75) is 24.9 Å². The third-order valence-electron chi connectivity index (χ3n) is 4.56. The smallest absolute Gasteiger partial charge is 0.283 e. The summed E-state index contributed by atoms with van der Waals surface area (Å²) >= 11 is 1.20. The monoisotopic (exact) mass is 390 g/mol. The highest BCUT2D eigenvalue weighted by Gasteiger charge is 2.13. The van der Waals surface area contributed by atoms with Gasteiger partial charge in [-0.05, 0) is 32.0 Å². The van der Waals surface area contributed by atoms with Gasteiger partial charge in [0.05, 0.1) is 30.0 Å². The van der Waals surface area contributed by atoms with E-state index >= 15 is 0 Å². The van der Waals surface area contributed by atoms with Gasteiger partial charge in [-0.3, -0.25) is 14.5 Å². The summed E-state index contributed by atoms with van der Waals surface area (Å²) in [6.07, 6.45) is 0.910. The first-order chi connectivity index (χ1) is 13.2. The van der Waals surface area contributed by atoms with Gasteiger partial charge in [-0.2, -0.15) is 0 Å². The van der Waals surface area contributed by atoms with E-state index in [1.165, 1.54) is 11.8 Å². The van der Waals surface area contributed by atoms with E-state index < -0.39 is 0 Å². The van der Waals surface area contributed by atoms with Gasteiger partial charge in [0.2, 0.25) is 5.91 Å². The summed E-state index contributed by atoms with van der Waals surface area (Å²) in [5.41, 5.74) is 1.45. The number of ether oxygens (including phenoxy) is 1. The van der Waals surface area contributed by atoms with Gasteiger partial charge in [0.25, 0.3) is 5.56 Å². The largest absolute Gasteiger partial charge is 0.379 e. The fourth-order valence-corrected chi connectivity index (χ4v) is 3.88. The number of rotatable bonds is 8. The lowest BCUT2D eigenvalue weighted by Gasteiger charge is -2.26. The fraction of sp³-hybridized carbons (Fsp3) is 0.526. The lowest BCUT2D eigenvalue weighted by atomic mass is 10.3. The molecule has 1 aliphatic rings. The average Bonchev–Trinajstić information content (AvgIpc) is 2.70. The van der Waals surface area contributed by atoms with Crippen molar-refractivity contribution in [3.8, 4) is 0 Å². The molecule has 7 nitrogen and oxygen atoms in total. The zero-order valence-electron chi connectivity index (χ0n) is 15.6. The van der Waals surface area contributed by atoms with Crippen molar-refractivity contribution in [3.63, 3.8) is 0 Å². The molecule has 0 atom stereocenters. The number of carbonyl (C=O) groups excluding carboxylic acids is 1. The third kappa shape index (κ3) is 5.31. The summed E-state index contributed by atoms with van der Waals surface area (Å²) in [6.45, 7) is 7.61. The number of para-hydroxylation sites is 2. The molecule has 0 aliphatic carbocycles. The van der Waals surface area contributed by atoms with Crippen molar-refractivity contribution >= 4 is 28.7 Å². The first-order valence-corrected chi connectivity index (χ1v) is 10.4. The van der Waals surface area contributed by atoms with Crippen molar-refractivity contribution in [2.24, 2.45) is 0 Å². The molecular weight excluding hydrogens is 364 g/mol. The van der Waals surface area contributed by atoms with Crippen molar-refractivity contribution in [1.29, 1.82) is 0 Å². The Morgan fingerprint density at radius 2 is 2.07 bits per heavy atom. The molecule has 2 heterocycles. The molecule has 0 radical (unpaired) electrons. The van der Waals surface area contributed by atoms with Crippen LogP contribution in [-0.4, -0.2) is 65.5 Å². The maximum atomic E-state index is 12.6. The second-order valence-electron chi connectivity index (χ2n) is 6.40. The lowest BCUT2D eigenvalue weighted by molar-refractivity contribution is -0.118. The molecule has 0 saturated carbocycles. The van der Waals surface area contributed by atoms with Crippen LogP contribution in [0.3, 0.4) is 0 Å². The predicted octanol–water partition coefficient (Wildman–Crippen LogP) is 1.35. The molecular formula is C19H26N4O3S. The third-order valence-corrected chi connectivity index (χ3v) is 5.50. The maximum Gasteiger partial charge on any atom is 0.283 e.